The van der Waals surface area contributed by atoms with Gasteiger partial charge in [0.1, 0.15) is 11.7 Å². The molecule has 1 aromatic heterocycles. The van der Waals surface area contributed by atoms with Gasteiger partial charge in [0, 0.05) is 12.0 Å². The van der Waals surface area contributed by atoms with Crippen molar-refractivity contribution >= 4 is 11.9 Å². The van der Waals surface area contributed by atoms with E-state index in [2.05, 4.69) is 15.5 Å². The summed E-state index contributed by atoms with van der Waals surface area (Å²) in [4.78, 5) is 23.9. The first-order valence-corrected chi connectivity index (χ1v) is 8.23. The molecule has 1 amide bonds. The summed E-state index contributed by atoms with van der Waals surface area (Å²) in [6, 6.07) is 17.5. The molecule has 3 N–H and O–H groups in total. The number of nitrogens with one attached hydrogen (secondary N) is 2. The van der Waals surface area contributed by atoms with Crippen molar-refractivity contribution in [2.45, 2.75) is 19.4 Å². The van der Waals surface area contributed by atoms with E-state index < -0.39 is 17.9 Å². The van der Waals surface area contributed by atoms with Gasteiger partial charge in [0.25, 0.3) is 5.91 Å². The highest BCUT2D eigenvalue weighted by atomic mass is 16.4. The summed E-state index contributed by atoms with van der Waals surface area (Å²) in [6.07, 6.45) is 0.209. The van der Waals surface area contributed by atoms with E-state index in [9.17, 15) is 14.7 Å². The molecule has 1 unspecified atom stereocenters. The number of benzene rings is 2. The number of carboxylic acid groups (broad SMARTS) is 1. The van der Waals surface area contributed by atoms with Gasteiger partial charge in [-0.3, -0.25) is 9.89 Å². The van der Waals surface area contributed by atoms with E-state index in [-0.39, 0.29) is 12.1 Å². The number of aromatic nitrogens is 2. The van der Waals surface area contributed by atoms with E-state index in [1.54, 1.807) is 6.07 Å². The van der Waals surface area contributed by atoms with E-state index in [0.717, 1.165) is 16.7 Å². The fourth-order valence-corrected chi connectivity index (χ4v) is 2.60. The number of H-pyrrole nitrogens is 1. The highest BCUT2D eigenvalue weighted by Crippen LogP contribution is 2.18. The maximum atomic E-state index is 12.4. The van der Waals surface area contributed by atoms with Crippen LogP contribution in [0.5, 0.6) is 0 Å². The van der Waals surface area contributed by atoms with Crippen LogP contribution in [0.15, 0.2) is 60.7 Å². The second-order valence-electron chi connectivity index (χ2n) is 6.09. The lowest BCUT2D eigenvalue weighted by Gasteiger charge is -2.13. The predicted octanol–water partition coefficient (Wildman–Crippen LogP) is 2.81. The van der Waals surface area contributed by atoms with Crippen LogP contribution in [0.2, 0.25) is 0 Å². The zero-order valence-corrected chi connectivity index (χ0v) is 14.3. The number of aromatic amines is 1. The first-order chi connectivity index (χ1) is 12.5. The number of carbonyl (C=O) groups excluding carboxylic acids is 1. The average molecular weight is 349 g/mol. The smallest absolute Gasteiger partial charge is 0.326 e. The minimum absolute atomic E-state index is 0.209. The number of carboxylic acids is 1. The topological polar surface area (TPSA) is 95.1 Å². The minimum Gasteiger partial charge on any atom is -0.480 e. The number of nitrogens with zero attached hydrogens (tertiary/aromatic N) is 1. The van der Waals surface area contributed by atoms with Gasteiger partial charge in [-0.2, -0.15) is 5.10 Å². The summed E-state index contributed by atoms with van der Waals surface area (Å²) < 4.78 is 0. The minimum atomic E-state index is -1.08. The molecule has 6 nitrogen and oxygen atoms in total. The number of amides is 1. The van der Waals surface area contributed by atoms with Gasteiger partial charge >= 0.3 is 5.97 Å². The van der Waals surface area contributed by atoms with Crippen molar-refractivity contribution in [3.8, 4) is 11.3 Å². The van der Waals surface area contributed by atoms with Crippen LogP contribution in [-0.2, 0) is 11.2 Å². The number of hydrogen-bond donors (Lipinski definition) is 3. The Morgan fingerprint density at radius 2 is 1.81 bits per heavy atom. The summed E-state index contributed by atoms with van der Waals surface area (Å²) in [5.41, 5.74) is 3.70. The maximum Gasteiger partial charge on any atom is 0.326 e. The molecule has 0 spiro atoms. The second-order valence-corrected chi connectivity index (χ2v) is 6.09. The predicted molar refractivity (Wildman–Crippen MR) is 97.8 cm³/mol. The van der Waals surface area contributed by atoms with Crippen LogP contribution in [0.25, 0.3) is 11.3 Å². The fraction of sp³-hybridized carbons (Fsp3) is 0.150. The summed E-state index contributed by atoms with van der Waals surface area (Å²) in [6.45, 7) is 1.99. The van der Waals surface area contributed by atoms with Gasteiger partial charge < -0.3 is 10.4 Å². The molecule has 1 atom stereocenters. The van der Waals surface area contributed by atoms with Crippen LogP contribution in [0.1, 0.15) is 21.6 Å². The summed E-state index contributed by atoms with van der Waals surface area (Å²) in [5, 5.41) is 18.8. The Kier molecular flexibility index (Phi) is 5.12. The van der Waals surface area contributed by atoms with Crippen LogP contribution < -0.4 is 5.32 Å². The monoisotopic (exact) mass is 349 g/mol. The number of aliphatic carboxylic acids is 1. The molecule has 6 heteroatoms. The van der Waals surface area contributed by atoms with E-state index in [4.69, 9.17) is 0 Å². The van der Waals surface area contributed by atoms with Crippen molar-refractivity contribution in [2.75, 3.05) is 0 Å². The molecule has 0 saturated heterocycles. The lowest BCUT2D eigenvalue weighted by Crippen LogP contribution is -2.42. The van der Waals surface area contributed by atoms with Gasteiger partial charge in [0.15, 0.2) is 0 Å². The highest BCUT2D eigenvalue weighted by molar-refractivity contribution is 5.95. The van der Waals surface area contributed by atoms with Crippen LogP contribution in [-0.4, -0.2) is 33.2 Å². The molecular formula is C20H19N3O3. The largest absolute Gasteiger partial charge is 0.480 e. The Morgan fingerprint density at radius 3 is 2.46 bits per heavy atom. The molecule has 0 aliphatic carbocycles. The molecule has 3 aromatic rings. The number of aryl methyl sites for hydroxylation is 1. The summed E-state index contributed by atoms with van der Waals surface area (Å²) >= 11 is 0. The van der Waals surface area contributed by atoms with Gasteiger partial charge in [-0.15, -0.1) is 0 Å². The van der Waals surface area contributed by atoms with E-state index in [0.29, 0.717) is 5.69 Å². The Morgan fingerprint density at radius 1 is 1.12 bits per heavy atom. The van der Waals surface area contributed by atoms with E-state index >= 15 is 0 Å². The SMILES string of the molecule is Cc1ccc(-c2cc(C(=O)NC(Cc3ccccc3)C(=O)O)[nH]n2)cc1. The molecule has 0 radical (unpaired) electrons. The first-order valence-electron chi connectivity index (χ1n) is 8.23. The third-order valence-electron chi connectivity index (χ3n) is 4.06. The van der Waals surface area contributed by atoms with Gasteiger partial charge in [-0.1, -0.05) is 60.2 Å². The summed E-state index contributed by atoms with van der Waals surface area (Å²) in [7, 11) is 0. The third kappa shape index (κ3) is 4.16. The van der Waals surface area contributed by atoms with Crippen LogP contribution in [0.4, 0.5) is 0 Å². The van der Waals surface area contributed by atoms with Crippen molar-refractivity contribution in [3.63, 3.8) is 0 Å². The van der Waals surface area contributed by atoms with E-state index in [1.165, 1.54) is 0 Å². The lowest BCUT2D eigenvalue weighted by molar-refractivity contribution is -0.139. The standard InChI is InChI=1S/C20H19N3O3/c1-13-7-9-15(10-8-13)16-12-17(23-22-16)19(24)21-18(20(25)26)11-14-5-3-2-4-6-14/h2-10,12,18H,11H2,1H3,(H,21,24)(H,22,23)(H,25,26). The molecule has 2 aromatic carbocycles. The normalized spacial score (nSPS) is 11.7. The maximum absolute atomic E-state index is 12.4. The molecule has 0 fully saturated rings. The van der Waals surface area contributed by atoms with Crippen molar-refractivity contribution in [3.05, 3.63) is 77.5 Å². The third-order valence-corrected chi connectivity index (χ3v) is 4.06. The zero-order chi connectivity index (χ0) is 18.5. The quantitative estimate of drug-likeness (QED) is 0.638. The van der Waals surface area contributed by atoms with Gasteiger partial charge in [0.05, 0.1) is 5.69 Å². The van der Waals surface area contributed by atoms with Gasteiger partial charge in [-0.05, 0) is 18.6 Å². The first kappa shape index (κ1) is 17.4. The molecule has 3 rings (SSSR count). The Balaban J connectivity index is 1.72. The van der Waals surface area contributed by atoms with Crippen LogP contribution >= 0.6 is 0 Å². The molecule has 0 bridgehead atoms. The van der Waals surface area contributed by atoms with Gasteiger partial charge in [-0.25, -0.2) is 4.79 Å². The fourth-order valence-electron chi connectivity index (χ4n) is 2.60. The molecule has 0 aliphatic rings. The van der Waals surface area contributed by atoms with Crippen LogP contribution in [0.3, 0.4) is 0 Å². The average Bonchev–Trinajstić information content (AvgIpc) is 3.13. The molecule has 0 saturated carbocycles. The second kappa shape index (κ2) is 7.65. The molecule has 26 heavy (non-hydrogen) atoms. The Labute approximate surface area is 150 Å². The number of carbonyl (C=O) groups is 2. The molecule has 0 aliphatic heterocycles. The van der Waals surface area contributed by atoms with Crippen molar-refractivity contribution in [1.29, 1.82) is 0 Å². The number of rotatable bonds is 6. The number of hydrogen-bond acceptors (Lipinski definition) is 3. The molecule has 132 valence electrons. The zero-order valence-electron chi connectivity index (χ0n) is 14.3. The lowest BCUT2D eigenvalue weighted by atomic mass is 10.1. The van der Waals surface area contributed by atoms with Crippen molar-refractivity contribution < 1.29 is 14.7 Å². The van der Waals surface area contributed by atoms with E-state index in [1.807, 2.05) is 61.5 Å². The summed E-state index contributed by atoms with van der Waals surface area (Å²) in [5.74, 6) is -1.58. The Bertz CT molecular complexity index is 902. The van der Waals surface area contributed by atoms with Gasteiger partial charge in [0.2, 0.25) is 0 Å². The van der Waals surface area contributed by atoms with Crippen molar-refractivity contribution in [1.82, 2.24) is 15.5 Å². The molecule has 1 heterocycles. The molecular weight excluding hydrogens is 330 g/mol. The highest BCUT2D eigenvalue weighted by Gasteiger charge is 2.22. The Hall–Kier alpha value is -3.41. The van der Waals surface area contributed by atoms with Crippen LogP contribution in [0, 0.1) is 6.92 Å². The van der Waals surface area contributed by atoms with Crippen molar-refractivity contribution in [2.24, 2.45) is 0 Å².